The van der Waals surface area contributed by atoms with Gasteiger partial charge in [-0.15, -0.1) is 0 Å². The summed E-state index contributed by atoms with van der Waals surface area (Å²) in [4.78, 5) is 15.5. The number of carbonyl (C=O) groups is 1. The van der Waals surface area contributed by atoms with Crippen molar-refractivity contribution >= 4 is 27.7 Å². The first-order valence-corrected chi connectivity index (χ1v) is 5.69. The van der Waals surface area contributed by atoms with E-state index in [1.54, 1.807) is 6.20 Å². The number of nitrogens with one attached hydrogen (secondary N) is 2. The number of aromatic nitrogens is 1. The number of carbonyl (C=O) groups excluding carboxylic acids is 1. The molecule has 80 valence electrons. The summed E-state index contributed by atoms with van der Waals surface area (Å²) in [5, 5.41) is 5.87. The summed E-state index contributed by atoms with van der Waals surface area (Å²) < 4.78 is 0.865. The van der Waals surface area contributed by atoms with E-state index >= 15 is 0 Å². The molecule has 1 saturated carbocycles. The normalized spacial score (nSPS) is 14.7. The fourth-order valence-corrected chi connectivity index (χ4v) is 1.58. The van der Waals surface area contributed by atoms with E-state index in [1.165, 1.54) is 0 Å². The molecule has 0 bridgehead atoms. The predicted octanol–water partition coefficient (Wildman–Crippen LogP) is 1.53. The summed E-state index contributed by atoms with van der Waals surface area (Å²) in [7, 11) is 0. The van der Waals surface area contributed by atoms with Crippen LogP contribution in [-0.4, -0.2) is 23.5 Å². The van der Waals surface area contributed by atoms with Crippen LogP contribution in [0.1, 0.15) is 12.8 Å². The molecule has 0 aliphatic heterocycles. The van der Waals surface area contributed by atoms with Gasteiger partial charge in [0.1, 0.15) is 5.82 Å². The molecule has 1 amide bonds. The quantitative estimate of drug-likeness (QED) is 0.872. The van der Waals surface area contributed by atoms with Gasteiger partial charge in [-0.25, -0.2) is 4.98 Å². The van der Waals surface area contributed by atoms with Crippen LogP contribution in [0.15, 0.2) is 22.8 Å². The third kappa shape index (κ3) is 3.20. The molecule has 0 atom stereocenters. The van der Waals surface area contributed by atoms with Crippen molar-refractivity contribution in [2.75, 3.05) is 11.9 Å². The lowest BCUT2D eigenvalue weighted by Gasteiger charge is -2.07. The Morgan fingerprint density at radius 1 is 1.60 bits per heavy atom. The number of anilines is 1. The Morgan fingerprint density at radius 2 is 2.40 bits per heavy atom. The number of hydrogen-bond acceptors (Lipinski definition) is 3. The molecular weight excluding hydrogens is 258 g/mol. The molecule has 0 saturated heterocycles. The Labute approximate surface area is 96.6 Å². The average Bonchev–Trinajstić information content (AvgIpc) is 3.00. The zero-order chi connectivity index (χ0) is 10.7. The molecule has 2 N–H and O–H groups in total. The zero-order valence-electron chi connectivity index (χ0n) is 8.16. The minimum atomic E-state index is 0.0232. The van der Waals surface area contributed by atoms with Gasteiger partial charge in [0.05, 0.1) is 11.0 Å². The Kier molecular flexibility index (Phi) is 3.20. The number of halogens is 1. The highest BCUT2D eigenvalue weighted by Gasteiger charge is 2.22. The van der Waals surface area contributed by atoms with E-state index in [9.17, 15) is 4.79 Å². The van der Waals surface area contributed by atoms with Crippen LogP contribution in [0, 0.1) is 0 Å². The van der Waals surface area contributed by atoms with E-state index < -0.39 is 0 Å². The summed E-state index contributed by atoms with van der Waals surface area (Å²) in [5.41, 5.74) is 0. The standard InChI is InChI=1S/C10H12BrN3O/c11-8-2-1-5-12-10(8)13-6-9(15)14-7-3-4-7/h1-2,5,7H,3-4,6H2,(H,12,13)(H,14,15). The Morgan fingerprint density at radius 3 is 3.07 bits per heavy atom. The summed E-state index contributed by atoms with van der Waals surface area (Å²) in [6.45, 7) is 0.270. The average molecular weight is 270 g/mol. The maximum Gasteiger partial charge on any atom is 0.239 e. The van der Waals surface area contributed by atoms with Gasteiger partial charge in [-0.05, 0) is 40.9 Å². The highest BCUT2D eigenvalue weighted by Crippen LogP contribution is 2.19. The lowest BCUT2D eigenvalue weighted by molar-refractivity contribution is -0.119. The van der Waals surface area contributed by atoms with E-state index in [2.05, 4.69) is 31.5 Å². The maximum absolute atomic E-state index is 11.4. The fraction of sp³-hybridized carbons (Fsp3) is 0.400. The second-order valence-electron chi connectivity index (χ2n) is 3.53. The van der Waals surface area contributed by atoms with Gasteiger partial charge in [0.2, 0.25) is 5.91 Å². The van der Waals surface area contributed by atoms with E-state index in [-0.39, 0.29) is 12.5 Å². The number of amides is 1. The minimum absolute atomic E-state index is 0.0232. The van der Waals surface area contributed by atoms with Gasteiger partial charge < -0.3 is 10.6 Å². The van der Waals surface area contributed by atoms with Gasteiger partial charge >= 0.3 is 0 Å². The van der Waals surface area contributed by atoms with Crippen molar-refractivity contribution in [1.29, 1.82) is 0 Å². The number of nitrogens with zero attached hydrogens (tertiary/aromatic N) is 1. The molecule has 2 rings (SSSR count). The molecule has 1 aromatic heterocycles. The van der Waals surface area contributed by atoms with Crippen molar-refractivity contribution in [3.8, 4) is 0 Å². The molecule has 0 aromatic carbocycles. The second kappa shape index (κ2) is 4.61. The van der Waals surface area contributed by atoms with Crippen molar-refractivity contribution in [3.63, 3.8) is 0 Å². The topological polar surface area (TPSA) is 54.0 Å². The van der Waals surface area contributed by atoms with E-state index in [0.717, 1.165) is 17.3 Å². The van der Waals surface area contributed by atoms with Gasteiger partial charge in [-0.2, -0.15) is 0 Å². The van der Waals surface area contributed by atoms with Gasteiger partial charge in [0, 0.05) is 12.2 Å². The number of hydrogen-bond donors (Lipinski definition) is 2. The van der Waals surface area contributed by atoms with E-state index in [1.807, 2.05) is 12.1 Å². The summed E-state index contributed by atoms with van der Waals surface area (Å²) in [6.07, 6.45) is 3.91. The molecule has 0 unspecified atom stereocenters. The third-order valence-corrected chi connectivity index (χ3v) is 2.76. The van der Waals surface area contributed by atoms with Gasteiger partial charge in [0.15, 0.2) is 0 Å². The molecular formula is C10H12BrN3O. The fourth-order valence-electron chi connectivity index (χ4n) is 1.19. The van der Waals surface area contributed by atoms with Crippen LogP contribution in [0.3, 0.4) is 0 Å². The first-order chi connectivity index (χ1) is 7.25. The van der Waals surface area contributed by atoms with Crippen LogP contribution in [0.25, 0.3) is 0 Å². The molecule has 0 radical (unpaired) electrons. The highest BCUT2D eigenvalue weighted by molar-refractivity contribution is 9.10. The van der Waals surface area contributed by atoms with Crippen LogP contribution in [0.5, 0.6) is 0 Å². The van der Waals surface area contributed by atoms with Crippen molar-refractivity contribution in [2.24, 2.45) is 0 Å². The molecule has 1 aromatic rings. The lowest BCUT2D eigenvalue weighted by atomic mass is 10.4. The molecule has 5 heteroatoms. The SMILES string of the molecule is O=C(CNc1ncccc1Br)NC1CC1. The minimum Gasteiger partial charge on any atom is -0.360 e. The highest BCUT2D eigenvalue weighted by atomic mass is 79.9. The predicted molar refractivity (Wildman–Crippen MR) is 61.6 cm³/mol. The van der Waals surface area contributed by atoms with Crippen molar-refractivity contribution < 1.29 is 4.79 Å². The van der Waals surface area contributed by atoms with Gasteiger partial charge in [-0.1, -0.05) is 0 Å². The molecule has 4 nitrogen and oxygen atoms in total. The maximum atomic E-state index is 11.4. The molecule has 1 aliphatic carbocycles. The van der Waals surface area contributed by atoms with Crippen LogP contribution in [0.2, 0.25) is 0 Å². The third-order valence-electron chi connectivity index (χ3n) is 2.12. The molecule has 0 spiro atoms. The Balaban J connectivity index is 1.81. The number of pyridine rings is 1. The molecule has 1 aliphatic rings. The van der Waals surface area contributed by atoms with Crippen molar-refractivity contribution in [3.05, 3.63) is 22.8 Å². The smallest absolute Gasteiger partial charge is 0.239 e. The van der Waals surface area contributed by atoms with E-state index in [0.29, 0.717) is 11.9 Å². The molecule has 1 heterocycles. The summed E-state index contributed by atoms with van der Waals surface area (Å²) in [5.74, 6) is 0.721. The first kappa shape index (κ1) is 10.4. The monoisotopic (exact) mass is 269 g/mol. The van der Waals surface area contributed by atoms with E-state index in [4.69, 9.17) is 0 Å². The lowest BCUT2D eigenvalue weighted by Crippen LogP contribution is -2.31. The zero-order valence-corrected chi connectivity index (χ0v) is 9.75. The van der Waals surface area contributed by atoms with Crippen LogP contribution in [0.4, 0.5) is 5.82 Å². The largest absolute Gasteiger partial charge is 0.360 e. The van der Waals surface area contributed by atoms with Crippen molar-refractivity contribution in [2.45, 2.75) is 18.9 Å². The van der Waals surface area contributed by atoms with Gasteiger partial charge in [-0.3, -0.25) is 4.79 Å². The van der Waals surface area contributed by atoms with Crippen LogP contribution in [-0.2, 0) is 4.79 Å². The van der Waals surface area contributed by atoms with Crippen LogP contribution >= 0.6 is 15.9 Å². The number of rotatable bonds is 4. The summed E-state index contributed by atoms with van der Waals surface area (Å²) in [6, 6.07) is 4.12. The van der Waals surface area contributed by atoms with Crippen molar-refractivity contribution in [1.82, 2.24) is 10.3 Å². The first-order valence-electron chi connectivity index (χ1n) is 4.89. The Bertz CT molecular complexity index is 365. The van der Waals surface area contributed by atoms with Gasteiger partial charge in [0.25, 0.3) is 0 Å². The molecule has 15 heavy (non-hydrogen) atoms. The Hall–Kier alpha value is -1.10. The summed E-state index contributed by atoms with van der Waals surface area (Å²) >= 11 is 3.35. The molecule has 1 fully saturated rings. The second-order valence-corrected chi connectivity index (χ2v) is 4.38. The van der Waals surface area contributed by atoms with Crippen LogP contribution < -0.4 is 10.6 Å².